The molecule has 2 heterocycles. The smallest absolute Gasteiger partial charge is 0.291 e. The highest BCUT2D eigenvalue weighted by Gasteiger charge is 2.24. The van der Waals surface area contributed by atoms with Gasteiger partial charge >= 0.3 is 0 Å². The third-order valence-corrected chi connectivity index (χ3v) is 5.03. The number of anilines is 1. The Bertz CT molecular complexity index is 555. The highest BCUT2D eigenvalue weighted by Crippen LogP contribution is 2.27. The molecule has 2 N–H and O–H groups in total. The van der Waals surface area contributed by atoms with Crippen LogP contribution in [-0.2, 0) is 6.54 Å². The molecule has 0 radical (unpaired) electrons. The van der Waals surface area contributed by atoms with E-state index in [4.69, 9.17) is 11.6 Å². The zero-order chi connectivity index (χ0) is 14.8. The van der Waals surface area contributed by atoms with Gasteiger partial charge < -0.3 is 10.6 Å². The lowest BCUT2D eigenvalue weighted by atomic mass is 9.85. The molecule has 0 aromatic carbocycles. The average Bonchev–Trinajstić information content (AvgIpc) is 2.42. The molecule has 1 aromatic heterocycles. The van der Waals surface area contributed by atoms with Gasteiger partial charge in [0.05, 0.1) is 11.2 Å². The molecule has 1 saturated heterocycles. The van der Waals surface area contributed by atoms with Crippen LogP contribution in [0.4, 0.5) is 5.69 Å². The van der Waals surface area contributed by atoms with Crippen LogP contribution in [0.5, 0.6) is 0 Å². The van der Waals surface area contributed by atoms with Crippen LogP contribution in [-0.4, -0.2) is 28.4 Å². The van der Waals surface area contributed by atoms with E-state index in [2.05, 4.69) is 22.7 Å². The van der Waals surface area contributed by atoms with E-state index in [9.17, 15) is 4.79 Å². The third-order valence-electron chi connectivity index (χ3n) is 4.74. The number of piperidine rings is 1. The van der Waals surface area contributed by atoms with E-state index in [-0.39, 0.29) is 11.6 Å². The lowest BCUT2D eigenvalue weighted by Crippen LogP contribution is -2.47. The van der Waals surface area contributed by atoms with E-state index in [0.29, 0.717) is 29.2 Å². The van der Waals surface area contributed by atoms with Crippen molar-refractivity contribution in [2.75, 3.05) is 11.9 Å². The molecular weight excluding hydrogens is 288 g/mol. The topological polar surface area (TPSA) is 59.0 Å². The Hall–Kier alpha value is -1.07. The molecule has 1 aromatic rings. The molecule has 1 aliphatic carbocycles. The zero-order valence-corrected chi connectivity index (χ0v) is 13.2. The van der Waals surface area contributed by atoms with Gasteiger partial charge in [0.1, 0.15) is 5.69 Å². The Labute approximate surface area is 130 Å². The first-order valence-electron chi connectivity index (χ1n) is 7.90. The van der Waals surface area contributed by atoms with Crippen LogP contribution >= 0.6 is 11.6 Å². The summed E-state index contributed by atoms with van der Waals surface area (Å²) in [5.74, 6) is 0.597. The summed E-state index contributed by atoms with van der Waals surface area (Å²) >= 11 is 6.19. The summed E-state index contributed by atoms with van der Waals surface area (Å²) in [7, 11) is 0. The van der Waals surface area contributed by atoms with E-state index in [0.717, 1.165) is 19.4 Å². The van der Waals surface area contributed by atoms with E-state index in [1.54, 1.807) is 10.9 Å². The summed E-state index contributed by atoms with van der Waals surface area (Å²) in [6.07, 6.45) is 7.41. The number of halogens is 1. The van der Waals surface area contributed by atoms with Crippen LogP contribution in [0.1, 0.15) is 39.0 Å². The number of aromatic nitrogens is 2. The van der Waals surface area contributed by atoms with Crippen molar-refractivity contribution >= 4 is 17.3 Å². The van der Waals surface area contributed by atoms with Gasteiger partial charge in [-0.25, -0.2) is 4.68 Å². The second-order valence-corrected chi connectivity index (χ2v) is 6.69. The Morgan fingerprint density at radius 2 is 2.24 bits per heavy atom. The molecule has 0 amide bonds. The molecular formula is C15H23ClN4O. The molecule has 2 fully saturated rings. The number of nitrogens with zero attached hydrogens (tertiary/aromatic N) is 2. The molecule has 2 aliphatic rings. The number of nitrogens with one attached hydrogen (secondary N) is 2. The molecule has 0 spiro atoms. The van der Waals surface area contributed by atoms with Crippen molar-refractivity contribution in [2.24, 2.45) is 5.92 Å². The monoisotopic (exact) mass is 310 g/mol. The summed E-state index contributed by atoms with van der Waals surface area (Å²) in [4.78, 5) is 12.6. The quantitative estimate of drug-likeness (QED) is 0.895. The van der Waals surface area contributed by atoms with Crippen molar-refractivity contribution in [3.05, 3.63) is 21.6 Å². The standard InChI is InChI=1S/C15H23ClN4O/c1-10-13(6-3-7-17-10)19-14-12(16)8-18-20(15(14)21)9-11-4-2-5-11/h8,10-11,13,17,19H,2-7,9H2,1H3. The number of hydrogen-bond acceptors (Lipinski definition) is 4. The van der Waals surface area contributed by atoms with E-state index in [1.165, 1.54) is 19.3 Å². The first kappa shape index (κ1) is 14.9. The minimum Gasteiger partial charge on any atom is -0.375 e. The van der Waals surface area contributed by atoms with Crippen molar-refractivity contribution in [1.82, 2.24) is 15.1 Å². The lowest BCUT2D eigenvalue weighted by molar-refractivity contribution is 0.262. The predicted octanol–water partition coefficient (Wildman–Crippen LogP) is 2.25. The van der Waals surface area contributed by atoms with Gasteiger partial charge in [0.25, 0.3) is 5.56 Å². The molecule has 5 nitrogen and oxygen atoms in total. The summed E-state index contributed by atoms with van der Waals surface area (Å²) < 4.78 is 1.57. The number of rotatable bonds is 4. The van der Waals surface area contributed by atoms with Crippen LogP contribution in [0, 0.1) is 5.92 Å². The first-order chi connectivity index (χ1) is 10.1. The molecule has 6 heteroatoms. The van der Waals surface area contributed by atoms with Crippen molar-refractivity contribution in [1.29, 1.82) is 0 Å². The molecule has 2 atom stereocenters. The Balaban J connectivity index is 1.79. The van der Waals surface area contributed by atoms with Crippen LogP contribution in [0.2, 0.25) is 5.02 Å². The molecule has 21 heavy (non-hydrogen) atoms. The fourth-order valence-electron chi connectivity index (χ4n) is 3.08. The molecule has 1 saturated carbocycles. The van der Waals surface area contributed by atoms with Crippen LogP contribution < -0.4 is 16.2 Å². The third kappa shape index (κ3) is 3.24. The Kier molecular flexibility index (Phi) is 4.50. The van der Waals surface area contributed by atoms with Gasteiger partial charge in [-0.2, -0.15) is 5.10 Å². The predicted molar refractivity (Wildman–Crippen MR) is 85.0 cm³/mol. The molecule has 116 valence electrons. The van der Waals surface area contributed by atoms with E-state index < -0.39 is 0 Å². The molecule has 0 bridgehead atoms. The van der Waals surface area contributed by atoms with Crippen LogP contribution in [0.3, 0.4) is 0 Å². The van der Waals surface area contributed by atoms with Gasteiger partial charge in [-0.1, -0.05) is 18.0 Å². The second kappa shape index (κ2) is 6.36. The summed E-state index contributed by atoms with van der Waals surface area (Å²) in [6, 6.07) is 0.575. The second-order valence-electron chi connectivity index (χ2n) is 6.29. The van der Waals surface area contributed by atoms with Gasteiger partial charge in [-0.05, 0) is 45.1 Å². The van der Waals surface area contributed by atoms with Gasteiger partial charge in [0.2, 0.25) is 0 Å². The molecule has 1 aliphatic heterocycles. The highest BCUT2D eigenvalue weighted by atomic mass is 35.5. The molecule has 2 unspecified atom stereocenters. The Morgan fingerprint density at radius 3 is 2.90 bits per heavy atom. The maximum atomic E-state index is 12.6. The SMILES string of the molecule is CC1NCCCC1Nc1c(Cl)cnn(CC2CCC2)c1=O. The minimum atomic E-state index is -0.0906. The maximum Gasteiger partial charge on any atom is 0.291 e. The van der Waals surface area contributed by atoms with Crippen molar-refractivity contribution in [3.63, 3.8) is 0 Å². The fourth-order valence-corrected chi connectivity index (χ4v) is 3.25. The average molecular weight is 311 g/mol. The Morgan fingerprint density at radius 1 is 1.43 bits per heavy atom. The van der Waals surface area contributed by atoms with Crippen LogP contribution in [0.25, 0.3) is 0 Å². The summed E-state index contributed by atoms with van der Waals surface area (Å²) in [5.41, 5.74) is 0.415. The van der Waals surface area contributed by atoms with Gasteiger partial charge in [-0.15, -0.1) is 0 Å². The van der Waals surface area contributed by atoms with Crippen molar-refractivity contribution in [3.8, 4) is 0 Å². The van der Waals surface area contributed by atoms with Gasteiger partial charge in [0.15, 0.2) is 0 Å². The minimum absolute atomic E-state index is 0.0906. The van der Waals surface area contributed by atoms with Crippen LogP contribution in [0.15, 0.2) is 11.0 Å². The number of hydrogen-bond donors (Lipinski definition) is 2. The van der Waals surface area contributed by atoms with Crippen molar-refractivity contribution < 1.29 is 0 Å². The lowest BCUT2D eigenvalue weighted by Gasteiger charge is -2.31. The normalized spacial score (nSPS) is 26.4. The van der Waals surface area contributed by atoms with Crippen molar-refractivity contribution in [2.45, 2.75) is 57.7 Å². The van der Waals surface area contributed by atoms with Gasteiger partial charge in [0, 0.05) is 18.6 Å². The maximum absolute atomic E-state index is 12.6. The first-order valence-corrected chi connectivity index (χ1v) is 8.28. The van der Waals surface area contributed by atoms with E-state index in [1.807, 2.05) is 0 Å². The zero-order valence-electron chi connectivity index (χ0n) is 12.4. The highest BCUT2D eigenvalue weighted by molar-refractivity contribution is 6.33. The fraction of sp³-hybridized carbons (Fsp3) is 0.733. The largest absolute Gasteiger partial charge is 0.375 e. The summed E-state index contributed by atoms with van der Waals surface area (Å²) in [6.45, 7) is 3.89. The van der Waals surface area contributed by atoms with Gasteiger partial charge in [-0.3, -0.25) is 4.79 Å². The molecule has 3 rings (SSSR count). The van der Waals surface area contributed by atoms with E-state index >= 15 is 0 Å². The summed E-state index contributed by atoms with van der Waals surface area (Å²) in [5, 5.41) is 11.4.